The molecule has 0 saturated heterocycles. The smallest absolute Gasteiger partial charge is 0.337 e. The molecule has 5 rings (SSSR count). The molecular weight excluding hydrogens is 534 g/mol. The van der Waals surface area contributed by atoms with E-state index < -0.39 is 23.9 Å². The molecule has 1 amide bonds. The maximum absolute atomic E-state index is 14.2. The van der Waals surface area contributed by atoms with Crippen molar-refractivity contribution in [3.8, 4) is 11.5 Å². The first-order chi connectivity index (χ1) is 20.4. The molecule has 0 radical (unpaired) electrons. The van der Waals surface area contributed by atoms with Gasteiger partial charge < -0.3 is 24.2 Å². The third kappa shape index (κ3) is 5.83. The fourth-order valence-corrected chi connectivity index (χ4v) is 5.33. The largest absolute Gasteiger partial charge is 0.493 e. The first kappa shape index (κ1) is 28.4. The summed E-state index contributed by atoms with van der Waals surface area (Å²) >= 11 is 0. The van der Waals surface area contributed by atoms with Crippen LogP contribution in [0.5, 0.6) is 11.5 Å². The summed E-state index contributed by atoms with van der Waals surface area (Å²) in [4.78, 5) is 40.1. The number of hydrogen-bond acceptors (Lipinski definition) is 6. The van der Waals surface area contributed by atoms with E-state index in [0.29, 0.717) is 22.6 Å². The predicted octanol–water partition coefficient (Wildman–Crippen LogP) is 5.23. The topological polar surface area (TPSA) is 102 Å². The van der Waals surface area contributed by atoms with Crippen molar-refractivity contribution in [1.29, 1.82) is 0 Å². The van der Waals surface area contributed by atoms with Crippen LogP contribution in [-0.2, 0) is 33.9 Å². The van der Waals surface area contributed by atoms with Gasteiger partial charge in [0.2, 0.25) is 5.91 Å². The maximum Gasteiger partial charge on any atom is 0.337 e. The Morgan fingerprint density at radius 3 is 2.02 bits per heavy atom. The summed E-state index contributed by atoms with van der Waals surface area (Å²) in [6.45, 7) is 0.272. The van der Waals surface area contributed by atoms with Gasteiger partial charge in [0.05, 0.1) is 25.7 Å². The Bertz CT molecular complexity index is 1530. The minimum Gasteiger partial charge on any atom is -0.493 e. The van der Waals surface area contributed by atoms with E-state index >= 15 is 0 Å². The summed E-state index contributed by atoms with van der Waals surface area (Å²) in [6, 6.07) is 28.2. The van der Waals surface area contributed by atoms with E-state index in [2.05, 4.69) is 0 Å². The monoisotopic (exact) mass is 565 g/mol. The van der Waals surface area contributed by atoms with Gasteiger partial charge in [-0.05, 0) is 40.5 Å². The molecule has 214 valence electrons. The highest BCUT2D eigenvalue weighted by Crippen LogP contribution is 2.40. The zero-order chi connectivity index (χ0) is 29.6. The number of carbonyl (C=O) groups excluding carboxylic acids is 2. The lowest BCUT2D eigenvalue weighted by atomic mass is 9.87. The van der Waals surface area contributed by atoms with Crippen LogP contribution < -0.4 is 9.47 Å². The molecule has 42 heavy (non-hydrogen) atoms. The van der Waals surface area contributed by atoms with E-state index in [1.807, 2.05) is 66.7 Å². The van der Waals surface area contributed by atoms with Gasteiger partial charge in [-0.2, -0.15) is 0 Å². The van der Waals surface area contributed by atoms with Gasteiger partial charge in [-0.25, -0.2) is 9.59 Å². The van der Waals surface area contributed by atoms with Crippen LogP contribution in [0.2, 0.25) is 0 Å². The lowest BCUT2D eigenvalue weighted by Crippen LogP contribution is -2.50. The molecule has 1 N–H and O–H groups in total. The van der Waals surface area contributed by atoms with Crippen LogP contribution in [0.3, 0.4) is 0 Å². The van der Waals surface area contributed by atoms with Crippen LogP contribution in [0.1, 0.15) is 44.1 Å². The van der Waals surface area contributed by atoms with Crippen molar-refractivity contribution < 1.29 is 33.7 Å². The molecule has 0 saturated carbocycles. The molecule has 4 aromatic rings. The highest BCUT2D eigenvalue weighted by atomic mass is 16.5. The number of carbonyl (C=O) groups is 3. The second kappa shape index (κ2) is 12.6. The Morgan fingerprint density at radius 2 is 1.48 bits per heavy atom. The quantitative estimate of drug-likeness (QED) is 0.277. The van der Waals surface area contributed by atoms with Crippen molar-refractivity contribution in [2.24, 2.45) is 0 Å². The number of fused-ring (bicyclic) bond motifs is 1. The van der Waals surface area contributed by atoms with Crippen LogP contribution in [-0.4, -0.2) is 48.1 Å². The van der Waals surface area contributed by atoms with Crippen molar-refractivity contribution in [3.63, 3.8) is 0 Å². The van der Waals surface area contributed by atoms with E-state index in [1.54, 1.807) is 30.3 Å². The normalized spacial score (nSPS) is 14.2. The summed E-state index contributed by atoms with van der Waals surface area (Å²) in [5, 5.41) is 10.3. The van der Waals surface area contributed by atoms with Crippen molar-refractivity contribution >= 4 is 17.8 Å². The molecule has 0 aliphatic carbocycles. The summed E-state index contributed by atoms with van der Waals surface area (Å²) in [7, 11) is 2.85. The van der Waals surface area contributed by atoms with Crippen molar-refractivity contribution in [2.75, 3.05) is 14.2 Å². The summed E-state index contributed by atoms with van der Waals surface area (Å²) < 4.78 is 16.5. The Labute approximate surface area is 244 Å². The van der Waals surface area contributed by atoms with Gasteiger partial charge >= 0.3 is 11.9 Å². The Hall–Kier alpha value is -5.11. The zero-order valence-corrected chi connectivity index (χ0v) is 23.4. The maximum atomic E-state index is 14.2. The van der Waals surface area contributed by atoms with E-state index in [4.69, 9.17) is 14.2 Å². The minimum absolute atomic E-state index is 0.0561. The SMILES string of the molecule is COC(=O)c1ccc(COc2c(OC)ccc3c2CC(C(=O)O)N(C(=O)C(c2ccccc2)c2ccccc2)C3)cc1. The van der Waals surface area contributed by atoms with Crippen LogP contribution in [0.15, 0.2) is 97.1 Å². The molecule has 1 aliphatic heterocycles. The third-order valence-electron chi connectivity index (χ3n) is 7.49. The lowest BCUT2D eigenvalue weighted by molar-refractivity contribution is -0.151. The van der Waals surface area contributed by atoms with Crippen LogP contribution in [0.25, 0.3) is 0 Å². The molecular formula is C34H31NO7. The van der Waals surface area contributed by atoms with Gasteiger partial charge in [0, 0.05) is 18.5 Å². The minimum atomic E-state index is -1.10. The van der Waals surface area contributed by atoms with Crippen molar-refractivity contribution in [1.82, 2.24) is 4.90 Å². The number of benzene rings is 4. The molecule has 1 aliphatic rings. The Balaban J connectivity index is 1.47. The average molecular weight is 566 g/mol. The van der Waals surface area contributed by atoms with Crippen LogP contribution in [0.4, 0.5) is 0 Å². The molecule has 0 fully saturated rings. The number of aliphatic carboxylic acids is 1. The Kier molecular flexibility index (Phi) is 8.52. The first-order valence-corrected chi connectivity index (χ1v) is 13.5. The van der Waals surface area contributed by atoms with Gasteiger partial charge in [-0.3, -0.25) is 4.79 Å². The fourth-order valence-electron chi connectivity index (χ4n) is 5.33. The molecule has 0 spiro atoms. The number of esters is 1. The van der Waals surface area contributed by atoms with Gasteiger partial charge in [-0.15, -0.1) is 0 Å². The molecule has 8 heteroatoms. The van der Waals surface area contributed by atoms with E-state index in [0.717, 1.165) is 22.3 Å². The first-order valence-electron chi connectivity index (χ1n) is 13.5. The van der Waals surface area contributed by atoms with Gasteiger partial charge in [-0.1, -0.05) is 78.9 Å². The highest BCUT2D eigenvalue weighted by Gasteiger charge is 2.40. The molecule has 0 bridgehead atoms. The number of carboxylic acids is 1. The van der Waals surface area contributed by atoms with E-state index in [1.165, 1.54) is 19.1 Å². The van der Waals surface area contributed by atoms with E-state index in [9.17, 15) is 19.5 Å². The van der Waals surface area contributed by atoms with Gasteiger partial charge in [0.1, 0.15) is 12.6 Å². The number of amides is 1. The zero-order valence-electron chi connectivity index (χ0n) is 23.4. The second-order valence-corrected chi connectivity index (χ2v) is 9.99. The predicted molar refractivity (Wildman–Crippen MR) is 156 cm³/mol. The average Bonchev–Trinajstić information content (AvgIpc) is 3.03. The number of carboxylic acid groups (broad SMARTS) is 1. The number of methoxy groups -OCH3 is 2. The number of ether oxygens (including phenoxy) is 3. The molecule has 1 heterocycles. The summed E-state index contributed by atoms with van der Waals surface area (Å²) in [6.07, 6.45) is 0.0561. The molecule has 4 aromatic carbocycles. The second-order valence-electron chi connectivity index (χ2n) is 9.99. The van der Waals surface area contributed by atoms with Gasteiger partial charge in [0.25, 0.3) is 0 Å². The van der Waals surface area contributed by atoms with Crippen molar-refractivity contribution in [2.45, 2.75) is 31.5 Å². The molecule has 8 nitrogen and oxygen atoms in total. The van der Waals surface area contributed by atoms with Gasteiger partial charge in [0.15, 0.2) is 11.5 Å². The number of nitrogens with zero attached hydrogens (tertiary/aromatic N) is 1. The number of rotatable bonds is 9. The lowest BCUT2D eigenvalue weighted by Gasteiger charge is -2.37. The van der Waals surface area contributed by atoms with Crippen LogP contribution >= 0.6 is 0 Å². The summed E-state index contributed by atoms with van der Waals surface area (Å²) in [5.41, 5.74) is 4.29. The third-order valence-corrected chi connectivity index (χ3v) is 7.49. The van der Waals surface area contributed by atoms with E-state index in [-0.39, 0.29) is 25.5 Å². The standard InChI is InChI=1S/C34H31NO7/c1-40-29-18-17-26-20-35(32(36)30(23-9-5-3-6-10-23)24-11-7-4-8-12-24)28(33(37)38)19-27(26)31(29)42-21-22-13-15-25(16-14-22)34(39)41-2/h3-18,28,30H,19-21H2,1-2H3,(H,37,38). The molecule has 1 atom stereocenters. The fraction of sp³-hybridized carbons (Fsp3) is 0.206. The highest BCUT2D eigenvalue weighted by molar-refractivity contribution is 5.91. The Morgan fingerprint density at radius 1 is 0.857 bits per heavy atom. The number of hydrogen-bond donors (Lipinski definition) is 1. The summed E-state index contributed by atoms with van der Waals surface area (Å²) in [5.74, 6) is -1.56. The molecule has 0 aromatic heterocycles. The van der Waals surface area contributed by atoms with Crippen LogP contribution in [0, 0.1) is 0 Å². The molecule has 1 unspecified atom stereocenters. The van der Waals surface area contributed by atoms with Crippen molar-refractivity contribution in [3.05, 3.63) is 130 Å².